The quantitative estimate of drug-likeness (QED) is 0.850. The number of halogens is 2. The zero-order valence-corrected chi connectivity index (χ0v) is 10.5. The molecule has 88 valence electrons. The summed E-state index contributed by atoms with van der Waals surface area (Å²) in [6.45, 7) is 2.08. The molecule has 1 aromatic carbocycles. The smallest absolute Gasteiger partial charge is 0.137 e. The van der Waals surface area contributed by atoms with Crippen molar-refractivity contribution in [2.24, 2.45) is 0 Å². The van der Waals surface area contributed by atoms with Gasteiger partial charge in [-0.15, -0.1) is 0 Å². The van der Waals surface area contributed by atoms with Crippen LogP contribution in [0.3, 0.4) is 0 Å². The summed E-state index contributed by atoms with van der Waals surface area (Å²) in [6.07, 6.45) is 2.17. The van der Waals surface area contributed by atoms with Crippen LogP contribution in [0.1, 0.15) is 18.4 Å². The number of hydrogen-bond acceptors (Lipinski definition) is 2. The van der Waals surface area contributed by atoms with Gasteiger partial charge >= 0.3 is 0 Å². The molecule has 4 heteroatoms. The third-order valence-electron chi connectivity index (χ3n) is 2.64. The molecule has 0 aliphatic carbocycles. The van der Waals surface area contributed by atoms with Gasteiger partial charge in [-0.05, 0) is 46.5 Å². The molecule has 0 unspecified atom stereocenters. The summed E-state index contributed by atoms with van der Waals surface area (Å²) < 4.78 is 24.5. The van der Waals surface area contributed by atoms with Gasteiger partial charge < -0.3 is 9.47 Å². The van der Waals surface area contributed by atoms with Crippen molar-refractivity contribution >= 4 is 15.9 Å². The average molecular weight is 289 g/mol. The molecule has 1 fully saturated rings. The first-order valence-corrected chi connectivity index (χ1v) is 6.18. The van der Waals surface area contributed by atoms with Gasteiger partial charge in [0.2, 0.25) is 0 Å². The highest BCUT2D eigenvalue weighted by atomic mass is 79.9. The second-order valence-corrected chi connectivity index (χ2v) is 4.73. The number of ether oxygens (including phenoxy) is 2. The maximum Gasteiger partial charge on any atom is 0.137 e. The Morgan fingerprint density at radius 1 is 1.38 bits per heavy atom. The van der Waals surface area contributed by atoms with E-state index >= 15 is 0 Å². The van der Waals surface area contributed by atoms with Crippen molar-refractivity contribution in [3.63, 3.8) is 0 Å². The van der Waals surface area contributed by atoms with Crippen LogP contribution in [0.15, 0.2) is 22.7 Å². The van der Waals surface area contributed by atoms with Crippen molar-refractivity contribution in [1.82, 2.24) is 0 Å². The van der Waals surface area contributed by atoms with Gasteiger partial charge in [-0.1, -0.05) is 6.07 Å². The van der Waals surface area contributed by atoms with Crippen molar-refractivity contribution in [2.75, 3.05) is 13.2 Å². The van der Waals surface area contributed by atoms with Crippen LogP contribution in [0.4, 0.5) is 4.39 Å². The molecule has 1 aromatic rings. The minimum atomic E-state index is -0.241. The first-order chi connectivity index (χ1) is 7.75. The summed E-state index contributed by atoms with van der Waals surface area (Å²) in [4.78, 5) is 0. The second-order valence-electron chi connectivity index (χ2n) is 3.87. The molecule has 0 aromatic heterocycles. The van der Waals surface area contributed by atoms with E-state index in [9.17, 15) is 4.39 Å². The summed E-state index contributed by atoms with van der Waals surface area (Å²) in [7, 11) is 0. The molecule has 0 spiro atoms. The fourth-order valence-electron chi connectivity index (χ4n) is 1.69. The fraction of sp³-hybridized carbons (Fsp3) is 0.500. The molecule has 1 saturated heterocycles. The third-order valence-corrected chi connectivity index (χ3v) is 3.25. The van der Waals surface area contributed by atoms with Gasteiger partial charge in [0.05, 0.1) is 17.2 Å². The van der Waals surface area contributed by atoms with Gasteiger partial charge in [-0.2, -0.15) is 0 Å². The van der Waals surface area contributed by atoms with Gasteiger partial charge in [0, 0.05) is 13.2 Å². The van der Waals surface area contributed by atoms with Crippen molar-refractivity contribution in [3.05, 3.63) is 34.1 Å². The zero-order valence-electron chi connectivity index (χ0n) is 8.92. The Kier molecular flexibility index (Phi) is 4.32. The Hall–Kier alpha value is -0.450. The van der Waals surface area contributed by atoms with Crippen LogP contribution >= 0.6 is 15.9 Å². The number of benzene rings is 1. The Morgan fingerprint density at radius 3 is 2.81 bits per heavy atom. The van der Waals surface area contributed by atoms with Gasteiger partial charge in [0.1, 0.15) is 5.82 Å². The lowest BCUT2D eigenvalue weighted by atomic mass is 10.1. The van der Waals surface area contributed by atoms with E-state index in [2.05, 4.69) is 15.9 Å². The molecular weight excluding hydrogens is 275 g/mol. The lowest BCUT2D eigenvalue weighted by Crippen LogP contribution is -2.23. The molecule has 0 bridgehead atoms. The number of rotatable bonds is 3. The minimum Gasteiger partial charge on any atom is -0.381 e. The van der Waals surface area contributed by atoms with Crippen molar-refractivity contribution < 1.29 is 13.9 Å². The lowest BCUT2D eigenvalue weighted by Gasteiger charge is -2.22. The summed E-state index contributed by atoms with van der Waals surface area (Å²) in [5.74, 6) is -0.241. The van der Waals surface area contributed by atoms with Crippen LogP contribution < -0.4 is 0 Å². The van der Waals surface area contributed by atoms with E-state index in [1.165, 1.54) is 6.07 Å². The average Bonchev–Trinajstić information content (AvgIpc) is 2.32. The van der Waals surface area contributed by atoms with Gasteiger partial charge in [-0.25, -0.2) is 4.39 Å². The molecule has 0 N–H and O–H groups in total. The van der Waals surface area contributed by atoms with Crippen LogP contribution in [0, 0.1) is 5.82 Å². The van der Waals surface area contributed by atoms with E-state index < -0.39 is 0 Å². The van der Waals surface area contributed by atoms with Gasteiger partial charge in [0.25, 0.3) is 0 Å². The lowest BCUT2D eigenvalue weighted by molar-refractivity contribution is -0.0390. The monoisotopic (exact) mass is 288 g/mol. The highest BCUT2D eigenvalue weighted by Crippen LogP contribution is 2.19. The van der Waals surface area contributed by atoms with Crippen molar-refractivity contribution in [3.8, 4) is 0 Å². The summed E-state index contributed by atoms with van der Waals surface area (Å²) in [6, 6.07) is 4.96. The molecule has 1 heterocycles. The largest absolute Gasteiger partial charge is 0.381 e. The van der Waals surface area contributed by atoms with Gasteiger partial charge in [-0.3, -0.25) is 0 Å². The van der Waals surface area contributed by atoms with E-state index in [1.807, 2.05) is 0 Å². The fourth-order valence-corrected chi connectivity index (χ4v) is 2.11. The normalized spacial score (nSPS) is 17.6. The molecule has 1 aliphatic rings. The zero-order chi connectivity index (χ0) is 11.4. The van der Waals surface area contributed by atoms with Gasteiger partial charge in [0.15, 0.2) is 0 Å². The van der Waals surface area contributed by atoms with Crippen molar-refractivity contribution in [2.45, 2.75) is 25.6 Å². The summed E-state index contributed by atoms with van der Waals surface area (Å²) in [5.41, 5.74) is 0.986. The van der Waals surface area contributed by atoms with E-state index in [4.69, 9.17) is 9.47 Å². The van der Waals surface area contributed by atoms with E-state index in [0.717, 1.165) is 31.6 Å². The molecule has 0 radical (unpaired) electrons. The second kappa shape index (κ2) is 5.75. The van der Waals surface area contributed by atoms with Crippen LogP contribution in [0.5, 0.6) is 0 Å². The van der Waals surface area contributed by atoms with Crippen LogP contribution in [0.25, 0.3) is 0 Å². The first kappa shape index (κ1) is 12.0. The van der Waals surface area contributed by atoms with E-state index in [1.54, 1.807) is 12.1 Å². The molecule has 2 rings (SSSR count). The Morgan fingerprint density at radius 2 is 2.12 bits per heavy atom. The molecule has 2 nitrogen and oxygen atoms in total. The third kappa shape index (κ3) is 3.27. The predicted octanol–water partition coefficient (Wildman–Crippen LogP) is 3.28. The molecule has 0 atom stereocenters. The topological polar surface area (TPSA) is 18.5 Å². The molecule has 0 amide bonds. The van der Waals surface area contributed by atoms with Crippen LogP contribution in [-0.2, 0) is 16.1 Å². The highest BCUT2D eigenvalue weighted by molar-refractivity contribution is 9.10. The summed E-state index contributed by atoms with van der Waals surface area (Å²) in [5, 5.41) is 0. The van der Waals surface area contributed by atoms with E-state index in [0.29, 0.717) is 11.1 Å². The van der Waals surface area contributed by atoms with E-state index in [-0.39, 0.29) is 11.9 Å². The maximum atomic E-state index is 13.0. The Balaban J connectivity index is 1.86. The SMILES string of the molecule is Fc1ccc(COC2CCOCC2)cc1Br. The van der Waals surface area contributed by atoms with Crippen LogP contribution in [0.2, 0.25) is 0 Å². The summed E-state index contributed by atoms with van der Waals surface area (Å²) >= 11 is 3.16. The number of hydrogen-bond donors (Lipinski definition) is 0. The predicted molar refractivity (Wildman–Crippen MR) is 62.7 cm³/mol. The standard InChI is InChI=1S/C12H14BrFO2/c13-11-7-9(1-2-12(11)14)8-16-10-3-5-15-6-4-10/h1-2,7,10H,3-6,8H2. The molecular formula is C12H14BrFO2. The first-order valence-electron chi connectivity index (χ1n) is 5.39. The Bertz CT molecular complexity index is 351. The maximum absolute atomic E-state index is 13.0. The highest BCUT2D eigenvalue weighted by Gasteiger charge is 2.14. The molecule has 16 heavy (non-hydrogen) atoms. The van der Waals surface area contributed by atoms with Crippen molar-refractivity contribution in [1.29, 1.82) is 0 Å². The Labute approximate surface area is 103 Å². The van der Waals surface area contributed by atoms with Crippen LogP contribution in [-0.4, -0.2) is 19.3 Å². The minimum absolute atomic E-state index is 0.241. The molecule has 1 aliphatic heterocycles. The molecule has 0 saturated carbocycles.